The molecule has 0 bridgehead atoms. The van der Waals surface area contributed by atoms with Gasteiger partial charge in [-0.3, -0.25) is 0 Å². The summed E-state index contributed by atoms with van der Waals surface area (Å²) in [5.41, 5.74) is 0. The summed E-state index contributed by atoms with van der Waals surface area (Å²) in [7, 11) is 0. The van der Waals surface area contributed by atoms with Crippen molar-refractivity contribution in [1.82, 2.24) is 4.90 Å². The van der Waals surface area contributed by atoms with Crippen molar-refractivity contribution < 1.29 is 4.74 Å². The van der Waals surface area contributed by atoms with Crippen molar-refractivity contribution >= 4 is 0 Å². The van der Waals surface area contributed by atoms with Crippen molar-refractivity contribution in [3.8, 4) is 0 Å². The number of nitrogens with zero attached hydrogens (tertiary/aromatic N) is 1. The number of allylic oxidation sites excluding steroid dienone is 3. The molecule has 1 saturated heterocycles. The molecule has 0 spiro atoms. The predicted molar refractivity (Wildman–Crippen MR) is 60.2 cm³/mol. The van der Waals surface area contributed by atoms with Gasteiger partial charge >= 0.3 is 0 Å². The Kier molecular flexibility index (Phi) is 6.16. The zero-order valence-corrected chi connectivity index (χ0v) is 9.11. The topological polar surface area (TPSA) is 12.5 Å². The normalized spacial score (nSPS) is 18.5. The molecule has 1 heterocycles. The second-order valence-corrected chi connectivity index (χ2v) is 3.56. The molecular formula is C12H21NO. The van der Waals surface area contributed by atoms with Crippen LogP contribution in [-0.2, 0) is 4.74 Å². The van der Waals surface area contributed by atoms with Crippen LogP contribution in [0.15, 0.2) is 24.4 Å². The van der Waals surface area contributed by atoms with Crippen molar-refractivity contribution in [1.29, 1.82) is 0 Å². The van der Waals surface area contributed by atoms with E-state index in [1.165, 1.54) is 19.3 Å². The minimum atomic E-state index is 0.865. The fourth-order valence-corrected chi connectivity index (χ4v) is 1.39. The van der Waals surface area contributed by atoms with Crippen LogP contribution in [0.25, 0.3) is 0 Å². The van der Waals surface area contributed by atoms with Gasteiger partial charge in [0.15, 0.2) is 0 Å². The first-order chi connectivity index (χ1) is 6.93. The summed E-state index contributed by atoms with van der Waals surface area (Å²) in [6.07, 6.45) is 12.4. The molecule has 1 fully saturated rings. The summed E-state index contributed by atoms with van der Waals surface area (Å²) >= 11 is 0. The van der Waals surface area contributed by atoms with Gasteiger partial charge in [0, 0.05) is 13.1 Å². The van der Waals surface area contributed by atoms with Crippen LogP contribution in [0.5, 0.6) is 0 Å². The van der Waals surface area contributed by atoms with Crippen LogP contribution in [0.1, 0.15) is 26.2 Å². The molecule has 80 valence electrons. The summed E-state index contributed by atoms with van der Waals surface area (Å²) < 4.78 is 5.27. The van der Waals surface area contributed by atoms with E-state index in [0.717, 1.165) is 26.3 Å². The molecule has 0 unspecified atom stereocenters. The van der Waals surface area contributed by atoms with Crippen LogP contribution in [-0.4, -0.2) is 31.2 Å². The van der Waals surface area contributed by atoms with Gasteiger partial charge in [-0.05, 0) is 18.7 Å². The zero-order valence-electron chi connectivity index (χ0n) is 9.11. The highest BCUT2D eigenvalue weighted by atomic mass is 16.5. The largest absolute Gasteiger partial charge is 0.378 e. The molecule has 2 nitrogen and oxygen atoms in total. The highest BCUT2D eigenvalue weighted by Crippen LogP contribution is 1.98. The van der Waals surface area contributed by atoms with E-state index < -0.39 is 0 Å². The molecule has 0 aromatic carbocycles. The van der Waals surface area contributed by atoms with Crippen LogP contribution in [0.3, 0.4) is 0 Å². The third-order valence-electron chi connectivity index (χ3n) is 2.31. The quantitative estimate of drug-likeness (QED) is 0.494. The fourth-order valence-electron chi connectivity index (χ4n) is 1.39. The average molecular weight is 195 g/mol. The van der Waals surface area contributed by atoms with Crippen molar-refractivity contribution in [2.24, 2.45) is 0 Å². The lowest BCUT2D eigenvalue weighted by Crippen LogP contribution is -2.31. The van der Waals surface area contributed by atoms with Crippen molar-refractivity contribution in [2.75, 3.05) is 26.3 Å². The molecule has 0 N–H and O–H groups in total. The van der Waals surface area contributed by atoms with Crippen LogP contribution >= 0.6 is 0 Å². The maximum Gasteiger partial charge on any atom is 0.0642 e. The molecule has 0 radical (unpaired) electrons. The summed E-state index contributed by atoms with van der Waals surface area (Å²) in [6.45, 7) is 6.00. The van der Waals surface area contributed by atoms with Gasteiger partial charge in [0.25, 0.3) is 0 Å². The van der Waals surface area contributed by atoms with Crippen molar-refractivity contribution in [3.63, 3.8) is 0 Å². The second-order valence-electron chi connectivity index (χ2n) is 3.56. The Morgan fingerprint density at radius 1 is 1.21 bits per heavy atom. The fraction of sp³-hybridized carbons (Fsp3) is 0.667. The number of unbranched alkanes of at least 4 members (excludes halogenated alkanes) is 2. The van der Waals surface area contributed by atoms with Gasteiger partial charge in [-0.2, -0.15) is 0 Å². The van der Waals surface area contributed by atoms with E-state index in [2.05, 4.69) is 36.3 Å². The Morgan fingerprint density at radius 3 is 2.71 bits per heavy atom. The monoisotopic (exact) mass is 195 g/mol. The molecular weight excluding hydrogens is 174 g/mol. The first-order valence-corrected chi connectivity index (χ1v) is 5.58. The summed E-state index contributed by atoms with van der Waals surface area (Å²) in [4.78, 5) is 2.30. The van der Waals surface area contributed by atoms with Crippen molar-refractivity contribution in [2.45, 2.75) is 26.2 Å². The second kappa shape index (κ2) is 7.63. The maximum atomic E-state index is 5.27. The van der Waals surface area contributed by atoms with Gasteiger partial charge in [0.1, 0.15) is 0 Å². The summed E-state index contributed by atoms with van der Waals surface area (Å²) in [5.74, 6) is 0. The van der Waals surface area contributed by atoms with Gasteiger partial charge < -0.3 is 9.64 Å². The van der Waals surface area contributed by atoms with Gasteiger partial charge in [0.2, 0.25) is 0 Å². The van der Waals surface area contributed by atoms with E-state index in [9.17, 15) is 0 Å². The van der Waals surface area contributed by atoms with E-state index in [-0.39, 0.29) is 0 Å². The van der Waals surface area contributed by atoms with Gasteiger partial charge in [0.05, 0.1) is 13.2 Å². The Labute approximate surface area is 87.2 Å². The lowest BCUT2D eigenvalue weighted by atomic mass is 10.2. The lowest BCUT2D eigenvalue weighted by Gasteiger charge is -2.24. The highest BCUT2D eigenvalue weighted by Gasteiger charge is 2.03. The van der Waals surface area contributed by atoms with E-state index in [4.69, 9.17) is 4.74 Å². The predicted octanol–water partition coefficient (Wildman–Crippen LogP) is 2.58. The van der Waals surface area contributed by atoms with E-state index >= 15 is 0 Å². The number of hydrogen-bond acceptors (Lipinski definition) is 2. The van der Waals surface area contributed by atoms with E-state index in [1.54, 1.807) is 0 Å². The van der Waals surface area contributed by atoms with Gasteiger partial charge in [-0.25, -0.2) is 0 Å². The number of rotatable bonds is 5. The molecule has 1 aliphatic rings. The van der Waals surface area contributed by atoms with Crippen LogP contribution in [0.2, 0.25) is 0 Å². The molecule has 0 aromatic rings. The number of morpholine rings is 1. The van der Waals surface area contributed by atoms with Gasteiger partial charge in [-0.15, -0.1) is 0 Å². The van der Waals surface area contributed by atoms with Crippen LogP contribution in [0.4, 0.5) is 0 Å². The molecule has 0 aliphatic carbocycles. The van der Waals surface area contributed by atoms with Crippen LogP contribution in [0, 0.1) is 0 Å². The summed E-state index contributed by atoms with van der Waals surface area (Å²) in [6, 6.07) is 0. The average Bonchev–Trinajstić information content (AvgIpc) is 2.25. The minimum absolute atomic E-state index is 0.865. The molecule has 2 heteroatoms. The molecule has 1 rings (SSSR count). The van der Waals surface area contributed by atoms with E-state index in [0.29, 0.717) is 0 Å². The number of ether oxygens (including phenoxy) is 1. The van der Waals surface area contributed by atoms with Crippen molar-refractivity contribution in [3.05, 3.63) is 24.4 Å². The third-order valence-corrected chi connectivity index (χ3v) is 2.31. The lowest BCUT2D eigenvalue weighted by molar-refractivity contribution is 0.0594. The molecule has 1 aliphatic heterocycles. The molecule has 0 saturated carbocycles. The smallest absolute Gasteiger partial charge is 0.0642 e. The Bertz CT molecular complexity index is 181. The number of hydrogen-bond donors (Lipinski definition) is 0. The Balaban J connectivity index is 2.09. The van der Waals surface area contributed by atoms with Crippen LogP contribution < -0.4 is 0 Å². The Hall–Kier alpha value is -0.760. The molecule has 0 aromatic heterocycles. The first-order valence-electron chi connectivity index (χ1n) is 5.58. The molecule has 0 amide bonds. The van der Waals surface area contributed by atoms with Gasteiger partial charge in [-0.1, -0.05) is 31.9 Å². The highest BCUT2D eigenvalue weighted by molar-refractivity contribution is 5.02. The first kappa shape index (κ1) is 11.3. The standard InChI is InChI=1S/C12H21NO/c1-2-3-4-5-6-7-8-13-9-11-14-12-10-13/h5-8H,2-4,9-12H2,1H3/b6-5+,8-7+. The summed E-state index contributed by atoms with van der Waals surface area (Å²) in [5, 5.41) is 0. The minimum Gasteiger partial charge on any atom is -0.378 e. The Morgan fingerprint density at radius 2 is 2.00 bits per heavy atom. The SMILES string of the molecule is CCCC/C=C/C=C/N1CCOCC1. The zero-order chi connectivity index (χ0) is 10.1. The molecule has 0 atom stereocenters. The maximum absolute atomic E-state index is 5.27. The molecule has 14 heavy (non-hydrogen) atoms. The third kappa shape index (κ3) is 5.07. The van der Waals surface area contributed by atoms with E-state index in [1.807, 2.05) is 0 Å².